The van der Waals surface area contributed by atoms with Crippen LogP contribution in [0.1, 0.15) is 4.11 Å². The monoisotopic (exact) mass is 79.1 g/mol. The summed E-state index contributed by atoms with van der Waals surface area (Å²) in [5.74, 6) is 0. The number of hydrogen-bond acceptors (Lipinski definition) is 2. The summed E-state index contributed by atoms with van der Waals surface area (Å²) in [5, 5.41) is 10.2. The zero-order chi connectivity index (χ0) is 6.62. The number of nitrogens with one attached hydrogen (secondary N) is 1. The first-order valence-corrected chi connectivity index (χ1v) is 1.42. The molecule has 0 heterocycles. The topological polar surface area (TPSA) is 32.3 Å². The maximum Gasteiger partial charge on any atom is 0.0555 e. The van der Waals surface area contributed by atoms with Gasteiger partial charge in [-0.05, 0) is 6.98 Å². The Morgan fingerprint density at radius 3 is 3.20 bits per heavy atom. The van der Waals surface area contributed by atoms with E-state index in [0.717, 1.165) is 0 Å². The molecule has 2 N–H and O–H groups in total. The van der Waals surface area contributed by atoms with Crippen molar-refractivity contribution in [2.24, 2.45) is 0 Å². The van der Waals surface area contributed by atoms with Crippen LogP contribution in [-0.2, 0) is 0 Å². The Labute approximate surface area is 36.0 Å². The molecule has 0 unspecified atom stereocenters. The molecule has 0 aromatic heterocycles. The molecule has 2 nitrogen and oxygen atoms in total. The summed E-state index contributed by atoms with van der Waals surface area (Å²) in [6, 6.07) is 0. The van der Waals surface area contributed by atoms with Crippen LogP contribution >= 0.6 is 0 Å². The normalized spacial score (nSPS) is 19.8. The molecule has 0 radical (unpaired) electrons. The van der Waals surface area contributed by atoms with Crippen LogP contribution in [0.2, 0.25) is 0 Å². The third kappa shape index (κ3) is 3.92. The molecular weight excluding hydrogens is 67.0 g/mol. The van der Waals surface area contributed by atoms with E-state index in [1.807, 2.05) is 0 Å². The van der Waals surface area contributed by atoms with E-state index >= 15 is 0 Å². The Kier molecular flexibility index (Phi) is 1.24. The quantitative estimate of drug-likeness (QED) is 0.425. The van der Waals surface area contributed by atoms with Gasteiger partial charge < -0.3 is 10.4 Å². The van der Waals surface area contributed by atoms with E-state index < -0.39 is 6.98 Å². The number of aliphatic hydroxyl groups is 1. The van der Waals surface area contributed by atoms with Gasteiger partial charge in [0.1, 0.15) is 0 Å². The van der Waals surface area contributed by atoms with E-state index in [2.05, 4.69) is 5.32 Å². The van der Waals surface area contributed by atoms with Gasteiger partial charge in [0.05, 0.1) is 6.61 Å². The summed E-state index contributed by atoms with van der Waals surface area (Å²) in [6.07, 6.45) is 0. The fraction of sp³-hybridized carbons (Fsp3) is 1.00. The predicted molar refractivity (Wildman–Crippen MR) is 21.0 cm³/mol. The Morgan fingerprint density at radius 1 is 2.20 bits per heavy atom. The molecule has 0 aromatic carbocycles. The lowest BCUT2D eigenvalue weighted by atomic mass is 10.7. The molecule has 5 heavy (non-hydrogen) atoms. The van der Waals surface area contributed by atoms with Crippen molar-refractivity contribution in [1.29, 1.82) is 0 Å². The van der Waals surface area contributed by atoms with E-state index in [4.69, 9.17) is 9.22 Å². The SMILES string of the molecule is [2H][13C]([2H])([2H])NCCO. The van der Waals surface area contributed by atoms with Crippen molar-refractivity contribution in [3.8, 4) is 0 Å². The Balaban J connectivity index is 3.11. The summed E-state index contributed by atoms with van der Waals surface area (Å²) >= 11 is 0. The van der Waals surface area contributed by atoms with Crippen LogP contribution in [0.5, 0.6) is 0 Å². The van der Waals surface area contributed by atoms with Gasteiger partial charge in [-0.1, -0.05) is 0 Å². The largest absolute Gasteiger partial charge is 0.395 e. The Morgan fingerprint density at radius 2 is 3.00 bits per heavy atom. The van der Waals surface area contributed by atoms with Crippen LogP contribution < -0.4 is 5.32 Å². The molecule has 0 bridgehead atoms. The van der Waals surface area contributed by atoms with Gasteiger partial charge in [-0.25, -0.2) is 0 Å². The first-order valence-electron chi connectivity index (χ1n) is 2.92. The van der Waals surface area contributed by atoms with E-state index in [9.17, 15) is 0 Å². The minimum atomic E-state index is -2.11. The molecule has 0 amide bonds. The molecule has 0 aliphatic heterocycles. The molecule has 0 saturated carbocycles. The van der Waals surface area contributed by atoms with Gasteiger partial charge in [0.15, 0.2) is 0 Å². The summed E-state index contributed by atoms with van der Waals surface area (Å²) < 4.78 is 19.6. The summed E-state index contributed by atoms with van der Waals surface area (Å²) in [5.41, 5.74) is 0. The summed E-state index contributed by atoms with van der Waals surface area (Å²) in [7, 11) is 0. The molecule has 32 valence electrons. The van der Waals surface area contributed by atoms with Gasteiger partial charge in [0, 0.05) is 10.7 Å². The highest BCUT2D eigenvalue weighted by Gasteiger charge is 1.65. The Hall–Kier alpha value is -0.0800. The fourth-order valence-corrected chi connectivity index (χ4v) is 0.0559. The smallest absolute Gasteiger partial charge is 0.0555 e. The first kappa shape index (κ1) is 1.58. The van der Waals surface area contributed by atoms with Crippen LogP contribution in [-0.4, -0.2) is 25.2 Å². The molecule has 2 heteroatoms. The van der Waals surface area contributed by atoms with Crippen molar-refractivity contribution >= 4 is 0 Å². The maximum absolute atomic E-state index is 8.12. The molecular formula is C3H9NO. The highest BCUT2D eigenvalue weighted by molar-refractivity contribution is 4.27. The lowest BCUT2D eigenvalue weighted by Gasteiger charge is -1.84. The highest BCUT2D eigenvalue weighted by Crippen LogP contribution is 1.42. The van der Waals surface area contributed by atoms with Crippen LogP contribution in [0.15, 0.2) is 0 Å². The summed E-state index contributed by atoms with van der Waals surface area (Å²) in [6.45, 7) is -2.13. The minimum absolute atomic E-state index is 0.122. The second-order valence-corrected chi connectivity index (χ2v) is 0.650. The highest BCUT2D eigenvalue weighted by atomic mass is 16.3. The number of hydrogen-bond donors (Lipinski definition) is 2. The number of likely N-dealkylation sites (N-methyl/N-ethyl adjacent to an activating group) is 1. The second-order valence-electron chi connectivity index (χ2n) is 0.650. The maximum atomic E-state index is 8.12. The van der Waals surface area contributed by atoms with Crippen LogP contribution in [0.25, 0.3) is 0 Å². The van der Waals surface area contributed by atoms with E-state index in [0.29, 0.717) is 0 Å². The first-order chi connectivity index (χ1) is 3.56. The van der Waals surface area contributed by atoms with Crippen molar-refractivity contribution in [2.75, 3.05) is 20.1 Å². The van der Waals surface area contributed by atoms with Crippen molar-refractivity contribution in [3.63, 3.8) is 0 Å². The molecule has 0 saturated heterocycles. The number of aliphatic hydroxyl groups excluding tert-OH is 1. The fourth-order valence-electron chi connectivity index (χ4n) is 0.0559. The zero-order valence-electron chi connectivity index (χ0n) is 5.86. The van der Waals surface area contributed by atoms with Crippen LogP contribution in [0.4, 0.5) is 0 Å². The lowest BCUT2D eigenvalue weighted by molar-refractivity contribution is 0.296. The lowest BCUT2D eigenvalue weighted by Crippen LogP contribution is -2.10. The van der Waals surface area contributed by atoms with Crippen molar-refractivity contribution in [1.82, 2.24) is 5.32 Å². The van der Waals surface area contributed by atoms with Gasteiger partial charge in [-0.2, -0.15) is 0 Å². The van der Waals surface area contributed by atoms with Gasteiger partial charge in [0.25, 0.3) is 0 Å². The average Bonchev–Trinajstić information content (AvgIpc) is 1.59. The van der Waals surface area contributed by atoms with Gasteiger partial charge in [-0.3, -0.25) is 0 Å². The van der Waals surface area contributed by atoms with Gasteiger partial charge in [-0.15, -0.1) is 0 Å². The third-order valence-electron chi connectivity index (χ3n) is 0.237. The van der Waals surface area contributed by atoms with Crippen LogP contribution in [0.3, 0.4) is 0 Å². The molecule has 0 fully saturated rings. The van der Waals surface area contributed by atoms with Crippen molar-refractivity contribution < 1.29 is 9.22 Å². The van der Waals surface area contributed by atoms with Crippen molar-refractivity contribution in [3.05, 3.63) is 0 Å². The van der Waals surface area contributed by atoms with Crippen molar-refractivity contribution in [2.45, 2.75) is 0 Å². The van der Waals surface area contributed by atoms with E-state index in [-0.39, 0.29) is 13.2 Å². The number of rotatable bonds is 2. The molecule has 0 rings (SSSR count). The molecule has 0 aromatic rings. The second kappa shape index (κ2) is 3.92. The third-order valence-corrected chi connectivity index (χ3v) is 0.237. The summed E-state index contributed by atoms with van der Waals surface area (Å²) in [4.78, 5) is 0. The zero-order valence-corrected chi connectivity index (χ0v) is 2.86. The van der Waals surface area contributed by atoms with Gasteiger partial charge in [0.2, 0.25) is 0 Å². The molecule has 0 atom stereocenters. The standard InChI is InChI=1S/C3H9NO/c1-4-2-3-5/h4-5H,2-3H2,1H3/i1+1D3. The Bertz CT molecular complexity index is 62.0. The predicted octanol–water partition coefficient (Wildman–Crippen LogP) is -0.802. The minimum Gasteiger partial charge on any atom is -0.395 e. The average molecular weight is 79.1 g/mol. The molecule has 0 aliphatic rings. The molecule has 0 spiro atoms. The van der Waals surface area contributed by atoms with E-state index in [1.54, 1.807) is 0 Å². The van der Waals surface area contributed by atoms with Crippen LogP contribution in [0, 0.1) is 0 Å². The van der Waals surface area contributed by atoms with E-state index in [1.165, 1.54) is 0 Å². The molecule has 0 aliphatic carbocycles. The van der Waals surface area contributed by atoms with Gasteiger partial charge >= 0.3 is 0 Å².